The van der Waals surface area contributed by atoms with E-state index in [9.17, 15) is 0 Å². The van der Waals surface area contributed by atoms with Gasteiger partial charge in [-0.1, -0.05) is 56.8 Å². The van der Waals surface area contributed by atoms with Gasteiger partial charge >= 0.3 is 5.54 Å². The monoisotopic (exact) mass is 605 g/mol. The molecule has 9 heteroatoms. The lowest BCUT2D eigenvalue weighted by Crippen LogP contribution is -2.37. The summed E-state index contributed by atoms with van der Waals surface area (Å²) in [6, 6.07) is 17.0. The maximum absolute atomic E-state index is 6.06. The lowest BCUT2D eigenvalue weighted by molar-refractivity contribution is 0.225. The largest absolute Gasteiger partial charge is 0.382 e. The molecule has 41 heavy (non-hydrogen) atoms. The highest BCUT2D eigenvalue weighted by atomic mass is 35.5. The van der Waals surface area contributed by atoms with Crippen molar-refractivity contribution in [3.8, 4) is 11.3 Å². The van der Waals surface area contributed by atoms with Crippen LogP contribution in [-0.4, -0.2) is 45.8 Å². The zero-order valence-electron chi connectivity index (χ0n) is 24.3. The number of H-pyrrole nitrogens is 1. The number of halogens is 2. The minimum Gasteiger partial charge on any atom is -0.339 e. The molecule has 214 valence electrons. The molecule has 0 spiro atoms. The van der Waals surface area contributed by atoms with Crippen molar-refractivity contribution in [2.45, 2.75) is 52.0 Å². The molecule has 0 saturated carbocycles. The van der Waals surface area contributed by atoms with Crippen LogP contribution in [-0.2, 0) is 13.1 Å². The average molecular weight is 606 g/mol. The number of anilines is 2. The maximum atomic E-state index is 6.06. The Balaban J connectivity index is 0.00000165. The molecular formula is C32H38BCl2N5S. The lowest BCUT2D eigenvalue weighted by Gasteiger charge is -2.39. The summed E-state index contributed by atoms with van der Waals surface area (Å²) in [6.07, 6.45) is 4.28. The SMILES string of the molecule is C=C1N(C)c2cnc3[nH]c(-c4ccc(CN5CCC(S)CC5)cc4)c(C)c3c2CN1c1ccc(B(Cl)Cl)cc1.CC. The number of pyridine rings is 1. The number of nitrogens with zero attached hydrogens (tertiary/aromatic N) is 4. The standard InChI is InChI=1S/C30H32BCl2N5S.C2H6/c1-19-28-26-18-38(24-10-8-23(9-11-24)31(32)33)20(2)36(3)27(26)16-34-30(28)35-29(19)22-6-4-21(5-7-22)17-37-14-12-25(39)13-15-37;1-2/h4-11,16,25,39H,2,12-15,17-18H2,1,3H3,(H,34,35);1-2H3. The topological polar surface area (TPSA) is 38.4 Å². The fourth-order valence-corrected chi connectivity index (χ4v) is 6.36. The molecule has 1 saturated heterocycles. The van der Waals surface area contributed by atoms with Gasteiger partial charge in [-0.25, -0.2) is 4.98 Å². The summed E-state index contributed by atoms with van der Waals surface area (Å²) in [5.74, 6) is 0.896. The van der Waals surface area contributed by atoms with Crippen molar-refractivity contribution in [2.24, 2.45) is 0 Å². The predicted molar refractivity (Wildman–Crippen MR) is 182 cm³/mol. The van der Waals surface area contributed by atoms with Gasteiger partial charge in [-0.3, -0.25) is 4.90 Å². The number of rotatable bonds is 5. The minimum absolute atomic E-state index is 0.543. The van der Waals surface area contributed by atoms with E-state index in [4.69, 9.17) is 27.9 Å². The third kappa shape index (κ3) is 6.01. The van der Waals surface area contributed by atoms with Crippen LogP contribution in [0.1, 0.15) is 43.4 Å². The second-order valence-electron chi connectivity index (χ2n) is 10.6. The van der Waals surface area contributed by atoms with Crippen LogP contribution < -0.4 is 15.3 Å². The van der Waals surface area contributed by atoms with Crippen molar-refractivity contribution < 1.29 is 0 Å². The Bertz CT molecular complexity index is 1510. The Morgan fingerprint density at radius 2 is 1.71 bits per heavy atom. The van der Waals surface area contributed by atoms with Gasteiger partial charge in [-0.05, 0) is 67.1 Å². The van der Waals surface area contributed by atoms with Gasteiger partial charge in [-0.15, -0.1) is 0 Å². The number of fused-ring (bicyclic) bond motifs is 3. The first kappa shape index (κ1) is 29.9. The molecule has 0 bridgehead atoms. The molecule has 0 aliphatic carbocycles. The van der Waals surface area contributed by atoms with Crippen LogP contribution in [0.5, 0.6) is 0 Å². The number of hydrogen-bond donors (Lipinski definition) is 2. The molecule has 0 atom stereocenters. The Labute approximate surface area is 259 Å². The molecule has 5 nitrogen and oxygen atoms in total. The van der Waals surface area contributed by atoms with E-state index >= 15 is 0 Å². The van der Waals surface area contributed by atoms with Gasteiger partial charge < -0.3 is 14.8 Å². The third-order valence-corrected chi connectivity index (χ3v) is 9.22. The molecule has 4 heterocycles. The number of aromatic nitrogens is 2. The van der Waals surface area contributed by atoms with Gasteiger partial charge in [0.25, 0.3) is 0 Å². The number of aryl methyl sites for hydroxylation is 1. The van der Waals surface area contributed by atoms with E-state index in [0.717, 1.165) is 53.6 Å². The molecule has 1 fully saturated rings. The number of likely N-dealkylation sites (tertiary alicyclic amines) is 1. The van der Waals surface area contributed by atoms with E-state index in [1.807, 2.05) is 51.4 Å². The Morgan fingerprint density at radius 1 is 1.05 bits per heavy atom. The van der Waals surface area contributed by atoms with E-state index < -0.39 is 5.54 Å². The second kappa shape index (κ2) is 12.7. The molecule has 6 rings (SSSR count). The molecule has 0 amide bonds. The maximum Gasteiger partial charge on any atom is 0.382 e. The van der Waals surface area contributed by atoms with Crippen molar-refractivity contribution in [2.75, 3.05) is 29.9 Å². The number of piperidine rings is 1. The molecule has 4 aromatic rings. The normalized spacial score (nSPS) is 16.0. The van der Waals surface area contributed by atoms with Gasteiger partial charge in [0.2, 0.25) is 0 Å². The molecule has 0 radical (unpaired) electrons. The number of benzene rings is 2. The molecular weight excluding hydrogens is 568 g/mol. The highest BCUT2D eigenvalue weighted by Gasteiger charge is 2.28. The number of hydrogen-bond acceptors (Lipinski definition) is 5. The molecule has 2 aromatic carbocycles. The van der Waals surface area contributed by atoms with Crippen molar-refractivity contribution in [1.82, 2.24) is 14.9 Å². The highest BCUT2D eigenvalue weighted by Crippen LogP contribution is 2.40. The van der Waals surface area contributed by atoms with Crippen LogP contribution in [0.4, 0.5) is 11.4 Å². The van der Waals surface area contributed by atoms with Gasteiger partial charge in [0.1, 0.15) is 11.5 Å². The summed E-state index contributed by atoms with van der Waals surface area (Å²) in [5, 5.41) is 1.72. The van der Waals surface area contributed by atoms with E-state index in [2.05, 4.69) is 70.1 Å². The van der Waals surface area contributed by atoms with Crippen molar-refractivity contribution in [1.29, 1.82) is 0 Å². The Hall–Kier alpha value is -2.58. The van der Waals surface area contributed by atoms with Crippen LogP contribution in [0.25, 0.3) is 22.3 Å². The van der Waals surface area contributed by atoms with Crippen LogP contribution in [0.3, 0.4) is 0 Å². The summed E-state index contributed by atoms with van der Waals surface area (Å²) in [6.45, 7) is 14.5. The van der Waals surface area contributed by atoms with Crippen molar-refractivity contribution >= 4 is 69.0 Å². The molecule has 0 unspecified atom stereocenters. The summed E-state index contributed by atoms with van der Waals surface area (Å²) < 4.78 is 0. The fraction of sp³-hybridized carbons (Fsp3) is 0.344. The first-order valence-corrected chi connectivity index (χ1v) is 15.8. The van der Waals surface area contributed by atoms with E-state index in [-0.39, 0.29) is 0 Å². The number of nitrogens with one attached hydrogen (secondary N) is 1. The predicted octanol–water partition coefficient (Wildman–Crippen LogP) is 7.56. The van der Waals surface area contributed by atoms with Crippen LogP contribution in [0.15, 0.2) is 67.1 Å². The summed E-state index contributed by atoms with van der Waals surface area (Å²) in [4.78, 5) is 15.3. The minimum atomic E-state index is -0.543. The fourth-order valence-electron chi connectivity index (χ4n) is 5.83. The molecule has 1 N–H and O–H groups in total. The smallest absolute Gasteiger partial charge is 0.339 e. The average Bonchev–Trinajstić information content (AvgIpc) is 3.34. The summed E-state index contributed by atoms with van der Waals surface area (Å²) in [7, 11) is 2.04. The quantitative estimate of drug-likeness (QED) is 0.182. The third-order valence-electron chi connectivity index (χ3n) is 8.20. The Kier molecular flexibility index (Phi) is 9.29. The zero-order chi connectivity index (χ0) is 29.3. The van der Waals surface area contributed by atoms with E-state index in [1.54, 1.807) is 0 Å². The zero-order valence-corrected chi connectivity index (χ0v) is 26.7. The van der Waals surface area contributed by atoms with Crippen LogP contribution >= 0.6 is 35.5 Å². The second-order valence-corrected chi connectivity index (χ2v) is 12.5. The van der Waals surface area contributed by atoms with Gasteiger partial charge in [0.15, 0.2) is 0 Å². The summed E-state index contributed by atoms with van der Waals surface area (Å²) in [5.41, 5.74) is 9.44. The first-order chi connectivity index (χ1) is 19.8. The number of thiol groups is 1. The number of aromatic amines is 1. The van der Waals surface area contributed by atoms with Gasteiger partial charge in [0, 0.05) is 35.5 Å². The Morgan fingerprint density at radius 3 is 2.34 bits per heavy atom. The molecule has 2 aliphatic rings. The van der Waals surface area contributed by atoms with Crippen LogP contribution in [0, 0.1) is 6.92 Å². The summed E-state index contributed by atoms with van der Waals surface area (Å²) >= 11 is 16.8. The van der Waals surface area contributed by atoms with Crippen molar-refractivity contribution in [3.63, 3.8) is 0 Å². The van der Waals surface area contributed by atoms with E-state index in [0.29, 0.717) is 11.8 Å². The van der Waals surface area contributed by atoms with Gasteiger partial charge in [-0.2, -0.15) is 35.5 Å². The molecule has 2 aliphatic heterocycles. The van der Waals surface area contributed by atoms with E-state index in [1.165, 1.54) is 40.5 Å². The van der Waals surface area contributed by atoms with Crippen molar-refractivity contribution in [3.05, 3.63) is 83.8 Å². The van der Waals surface area contributed by atoms with Gasteiger partial charge in [0.05, 0.1) is 24.1 Å². The lowest BCUT2D eigenvalue weighted by atomic mass is 9.93. The highest BCUT2D eigenvalue weighted by molar-refractivity contribution is 7.80. The first-order valence-electron chi connectivity index (χ1n) is 14.4. The van der Waals surface area contributed by atoms with Crippen LogP contribution in [0.2, 0.25) is 0 Å². The molecule has 2 aromatic heterocycles.